The number of fused-ring (bicyclic) bond motifs is 1. The van der Waals surface area contributed by atoms with Crippen LogP contribution in [0.1, 0.15) is 38.1 Å². The Morgan fingerprint density at radius 3 is 2.47 bits per heavy atom. The summed E-state index contributed by atoms with van der Waals surface area (Å²) in [6.07, 6.45) is 0. The van der Waals surface area contributed by atoms with Gasteiger partial charge in [-0.15, -0.1) is 15.7 Å². The van der Waals surface area contributed by atoms with Crippen molar-refractivity contribution in [1.29, 1.82) is 0 Å². The lowest BCUT2D eigenvalue weighted by molar-refractivity contribution is 0.0527. The number of sulfonamides is 1. The van der Waals surface area contributed by atoms with Crippen LogP contribution in [0.5, 0.6) is 0 Å². The molecule has 0 aliphatic carbocycles. The van der Waals surface area contributed by atoms with Crippen molar-refractivity contribution in [3.8, 4) is 0 Å². The first-order chi connectivity index (χ1) is 15.3. The van der Waals surface area contributed by atoms with Gasteiger partial charge in [-0.2, -0.15) is 8.42 Å². The Labute approximate surface area is 189 Å². The predicted octanol–water partition coefficient (Wildman–Crippen LogP) is 4.05. The van der Waals surface area contributed by atoms with Gasteiger partial charge in [0, 0.05) is 11.3 Å². The quantitative estimate of drug-likeness (QED) is 0.545. The smallest absolute Gasteiger partial charge is 0.341 e. The predicted molar refractivity (Wildman–Crippen MR) is 123 cm³/mol. The van der Waals surface area contributed by atoms with E-state index < -0.39 is 21.9 Å². The largest absolute Gasteiger partial charge is 0.462 e. The van der Waals surface area contributed by atoms with Gasteiger partial charge >= 0.3 is 5.97 Å². The summed E-state index contributed by atoms with van der Waals surface area (Å²) in [6.45, 7) is 3.48. The van der Waals surface area contributed by atoms with Gasteiger partial charge in [0.2, 0.25) is 0 Å². The summed E-state index contributed by atoms with van der Waals surface area (Å²) in [5.41, 5.74) is 1.60. The van der Waals surface area contributed by atoms with E-state index >= 15 is 0 Å². The number of amides is 1. The molecule has 2 aromatic carbocycles. The number of hydrogen-bond donors (Lipinski definition) is 2. The molecule has 164 valence electrons. The van der Waals surface area contributed by atoms with E-state index in [4.69, 9.17) is 4.74 Å². The van der Waals surface area contributed by atoms with E-state index in [-0.39, 0.29) is 27.9 Å². The minimum Gasteiger partial charge on any atom is -0.462 e. The van der Waals surface area contributed by atoms with Crippen molar-refractivity contribution in [1.82, 2.24) is 0 Å². The Morgan fingerprint density at radius 1 is 1.06 bits per heavy atom. The van der Waals surface area contributed by atoms with Crippen LogP contribution in [-0.4, -0.2) is 32.7 Å². The fourth-order valence-corrected chi connectivity index (χ4v) is 5.55. The molecule has 0 radical (unpaired) electrons. The summed E-state index contributed by atoms with van der Waals surface area (Å²) >= 11 is 1.03. The molecule has 1 amide bonds. The Balaban J connectivity index is 1.74. The summed E-state index contributed by atoms with van der Waals surface area (Å²) in [5, 5.41) is 6.03. The maximum atomic E-state index is 12.9. The monoisotopic (exact) mass is 469 g/mol. The van der Waals surface area contributed by atoms with Crippen LogP contribution in [0.3, 0.4) is 0 Å². The van der Waals surface area contributed by atoms with Gasteiger partial charge in [0.05, 0.1) is 17.0 Å². The average molecular weight is 470 g/mol. The molecule has 32 heavy (non-hydrogen) atoms. The molecule has 0 spiro atoms. The van der Waals surface area contributed by atoms with Gasteiger partial charge in [-0.25, -0.2) is 4.79 Å². The van der Waals surface area contributed by atoms with Crippen LogP contribution in [0.25, 0.3) is 0 Å². The van der Waals surface area contributed by atoms with E-state index in [0.29, 0.717) is 21.7 Å². The zero-order valence-corrected chi connectivity index (χ0v) is 18.8. The highest BCUT2D eigenvalue weighted by Gasteiger charge is 2.31. The van der Waals surface area contributed by atoms with Gasteiger partial charge in [0.15, 0.2) is 5.84 Å². The summed E-state index contributed by atoms with van der Waals surface area (Å²) in [7, 11) is -3.84. The fourth-order valence-electron chi connectivity index (χ4n) is 3.28. The number of ether oxygens (including phenoxy) is 1. The van der Waals surface area contributed by atoms with Crippen molar-refractivity contribution in [3.05, 3.63) is 76.2 Å². The molecular weight excluding hydrogens is 450 g/mol. The zero-order chi connectivity index (χ0) is 22.9. The number of benzene rings is 2. The van der Waals surface area contributed by atoms with Crippen molar-refractivity contribution in [3.63, 3.8) is 0 Å². The lowest BCUT2D eigenvalue weighted by Gasteiger charge is -2.08. The van der Waals surface area contributed by atoms with Crippen molar-refractivity contribution in [2.24, 2.45) is 4.40 Å². The van der Waals surface area contributed by atoms with E-state index in [0.717, 1.165) is 11.3 Å². The number of esters is 1. The molecule has 4 rings (SSSR count). The number of nitrogens with zero attached hydrogens (tertiary/aromatic N) is 1. The minimum atomic E-state index is -3.84. The molecule has 8 nitrogen and oxygen atoms in total. The molecule has 1 aliphatic rings. The third kappa shape index (κ3) is 4.02. The number of anilines is 2. The number of carbonyl (C=O) groups is 2. The lowest BCUT2D eigenvalue weighted by atomic mass is 10.1. The van der Waals surface area contributed by atoms with Crippen molar-refractivity contribution < 1.29 is 22.7 Å². The van der Waals surface area contributed by atoms with E-state index in [1.807, 2.05) is 6.07 Å². The number of hydrogen-bond acceptors (Lipinski definition) is 7. The Bertz CT molecular complexity index is 1350. The second kappa shape index (κ2) is 8.56. The van der Waals surface area contributed by atoms with Crippen molar-refractivity contribution in [2.75, 3.05) is 17.2 Å². The van der Waals surface area contributed by atoms with E-state index in [1.165, 1.54) is 6.07 Å². The average Bonchev–Trinajstić information content (AvgIpc) is 3.22. The molecular formula is C22H19N3O5S2. The summed E-state index contributed by atoms with van der Waals surface area (Å²) in [4.78, 5) is 26.0. The molecule has 0 atom stereocenters. The highest BCUT2D eigenvalue weighted by Crippen LogP contribution is 2.36. The van der Waals surface area contributed by atoms with Crippen LogP contribution in [0, 0.1) is 6.92 Å². The first-order valence-corrected chi connectivity index (χ1v) is 12.0. The van der Waals surface area contributed by atoms with Crippen LogP contribution < -0.4 is 10.6 Å². The van der Waals surface area contributed by atoms with Gasteiger partial charge in [-0.3, -0.25) is 4.79 Å². The molecule has 1 aliphatic heterocycles. The highest BCUT2D eigenvalue weighted by atomic mass is 32.2. The number of carbonyl (C=O) groups excluding carboxylic acids is 2. The van der Waals surface area contributed by atoms with Crippen molar-refractivity contribution in [2.45, 2.75) is 18.7 Å². The molecule has 0 bridgehead atoms. The molecule has 0 saturated heterocycles. The number of para-hydroxylation sites is 1. The molecule has 10 heteroatoms. The van der Waals surface area contributed by atoms with Crippen LogP contribution >= 0.6 is 11.3 Å². The Hall–Kier alpha value is -3.50. The van der Waals surface area contributed by atoms with Gasteiger partial charge in [0.25, 0.3) is 15.9 Å². The molecule has 0 saturated carbocycles. The number of rotatable bonds is 5. The number of thiophene rings is 1. The van der Waals surface area contributed by atoms with Crippen LogP contribution in [0.4, 0.5) is 10.7 Å². The van der Waals surface area contributed by atoms with Crippen molar-refractivity contribution >= 4 is 49.8 Å². The van der Waals surface area contributed by atoms with Crippen LogP contribution in [0.2, 0.25) is 0 Å². The number of amidine groups is 1. The number of nitrogens with one attached hydrogen (secondary N) is 2. The first-order valence-electron chi connectivity index (χ1n) is 9.70. The van der Waals surface area contributed by atoms with E-state index in [2.05, 4.69) is 15.0 Å². The van der Waals surface area contributed by atoms with Gasteiger partial charge < -0.3 is 15.4 Å². The van der Waals surface area contributed by atoms with Gasteiger partial charge in [-0.05, 0) is 43.7 Å². The van der Waals surface area contributed by atoms with E-state index in [9.17, 15) is 18.0 Å². The zero-order valence-electron chi connectivity index (χ0n) is 17.2. The van der Waals surface area contributed by atoms with Gasteiger partial charge in [-0.1, -0.05) is 30.3 Å². The SMILES string of the molecule is CCOC(=O)c1c(NC2=NS(=O)(=O)c3ccccc32)sc(C(=O)Nc2ccccc2)c1C. The lowest BCUT2D eigenvalue weighted by Crippen LogP contribution is -2.15. The highest BCUT2D eigenvalue weighted by molar-refractivity contribution is 7.90. The first kappa shape index (κ1) is 21.7. The molecule has 2 N–H and O–H groups in total. The maximum absolute atomic E-state index is 12.9. The topological polar surface area (TPSA) is 114 Å². The van der Waals surface area contributed by atoms with Crippen LogP contribution in [-0.2, 0) is 14.8 Å². The fraction of sp³-hybridized carbons (Fsp3) is 0.136. The summed E-state index contributed by atoms with van der Waals surface area (Å²) in [6, 6.07) is 15.3. The Morgan fingerprint density at radius 2 is 1.75 bits per heavy atom. The second-order valence-corrected chi connectivity index (χ2v) is 9.43. The molecule has 0 unspecified atom stereocenters. The Kier molecular flexibility index (Phi) is 5.81. The normalized spacial score (nSPS) is 13.8. The molecule has 1 aromatic heterocycles. The summed E-state index contributed by atoms with van der Waals surface area (Å²) < 4.78 is 33.7. The molecule has 2 heterocycles. The van der Waals surface area contributed by atoms with Gasteiger partial charge in [0.1, 0.15) is 9.90 Å². The molecule has 3 aromatic rings. The van der Waals surface area contributed by atoms with E-state index in [1.54, 1.807) is 56.3 Å². The third-order valence-electron chi connectivity index (χ3n) is 4.73. The summed E-state index contributed by atoms with van der Waals surface area (Å²) in [5.74, 6) is -0.918. The standard InChI is InChI=1S/C22H19N3O5S2/c1-3-30-22(27)17-13(2)18(20(26)23-14-9-5-4-6-10-14)31-21(17)24-19-15-11-7-8-12-16(15)32(28,29)25-19/h4-12H,3H2,1-2H3,(H,23,26)(H,24,25). The second-order valence-electron chi connectivity index (χ2n) is 6.84. The third-order valence-corrected chi connectivity index (χ3v) is 7.27. The minimum absolute atomic E-state index is 0.0792. The van der Waals surface area contributed by atoms with Crippen LogP contribution in [0.15, 0.2) is 63.9 Å². The maximum Gasteiger partial charge on any atom is 0.341 e. The molecule has 0 fully saturated rings.